The Labute approximate surface area is 154 Å². The number of carbonyl (C=O) groups is 1. The van der Waals surface area contributed by atoms with Crippen molar-refractivity contribution in [2.45, 2.75) is 44.3 Å². The second-order valence-corrected chi connectivity index (χ2v) is 8.53. The molecule has 3 atom stereocenters. The van der Waals surface area contributed by atoms with Crippen LogP contribution in [0.1, 0.15) is 52.1 Å². The molecule has 138 valence electrons. The first-order valence-electron chi connectivity index (χ1n) is 8.88. The number of likely N-dealkylation sites (tertiary alicyclic amines) is 1. The summed E-state index contributed by atoms with van der Waals surface area (Å²) in [4.78, 5) is 17.4. The average molecular weight is 379 g/mol. The van der Waals surface area contributed by atoms with Crippen molar-refractivity contribution in [3.05, 3.63) is 57.3 Å². The molecule has 2 fully saturated rings. The van der Waals surface area contributed by atoms with Gasteiger partial charge in [-0.25, -0.2) is 0 Å². The highest BCUT2D eigenvalue weighted by Crippen LogP contribution is 2.51. The van der Waals surface area contributed by atoms with Gasteiger partial charge in [-0.1, -0.05) is 18.2 Å². The molecule has 26 heavy (non-hydrogen) atoms. The molecule has 1 saturated heterocycles. The first kappa shape index (κ1) is 17.6. The van der Waals surface area contributed by atoms with Crippen molar-refractivity contribution in [2.75, 3.05) is 6.54 Å². The molecule has 1 amide bonds. The van der Waals surface area contributed by atoms with Crippen LogP contribution >= 0.6 is 11.3 Å². The quantitative estimate of drug-likeness (QED) is 0.685. The van der Waals surface area contributed by atoms with Gasteiger partial charge in [0.05, 0.1) is 11.6 Å². The molecular weight excluding hydrogens is 359 g/mol. The van der Waals surface area contributed by atoms with Crippen LogP contribution in [0.15, 0.2) is 36.4 Å². The molecule has 1 aliphatic carbocycles. The Kier molecular flexibility index (Phi) is 4.34. The minimum absolute atomic E-state index is 0.0869. The molecular formula is C20H20F3NOS. The highest BCUT2D eigenvalue weighted by Gasteiger charge is 2.48. The highest BCUT2D eigenvalue weighted by atomic mass is 32.1. The van der Waals surface area contributed by atoms with E-state index in [2.05, 4.69) is 19.1 Å². The van der Waals surface area contributed by atoms with E-state index >= 15 is 0 Å². The number of alkyl halides is 3. The van der Waals surface area contributed by atoms with Crippen molar-refractivity contribution in [1.82, 2.24) is 4.90 Å². The van der Waals surface area contributed by atoms with Crippen molar-refractivity contribution in [1.29, 1.82) is 0 Å². The van der Waals surface area contributed by atoms with E-state index in [4.69, 9.17) is 0 Å². The number of halogens is 3. The van der Waals surface area contributed by atoms with Gasteiger partial charge in [0.25, 0.3) is 0 Å². The van der Waals surface area contributed by atoms with Gasteiger partial charge in [0.15, 0.2) is 0 Å². The van der Waals surface area contributed by atoms with Crippen molar-refractivity contribution >= 4 is 17.2 Å². The smallest absolute Gasteiger partial charge is 0.335 e. The summed E-state index contributed by atoms with van der Waals surface area (Å²) in [6, 6.07) is 9.71. The van der Waals surface area contributed by atoms with E-state index in [9.17, 15) is 18.0 Å². The summed E-state index contributed by atoms with van der Waals surface area (Å²) in [6.07, 6.45) is -1.75. The molecule has 3 unspecified atom stereocenters. The summed E-state index contributed by atoms with van der Waals surface area (Å²) in [5.74, 6) is -0.169. The zero-order valence-corrected chi connectivity index (χ0v) is 15.2. The van der Waals surface area contributed by atoms with Gasteiger partial charge in [0, 0.05) is 22.2 Å². The summed E-state index contributed by atoms with van der Waals surface area (Å²) in [7, 11) is 0. The van der Waals surface area contributed by atoms with Crippen LogP contribution in [-0.2, 0) is 11.0 Å². The van der Waals surface area contributed by atoms with Gasteiger partial charge >= 0.3 is 6.18 Å². The Morgan fingerprint density at radius 3 is 2.73 bits per heavy atom. The maximum absolute atomic E-state index is 13.0. The standard InChI is InChI=1S/C20H20F3NOS/c1-12-7-8-18(26-12)17-6-3-9-24(17)19(25)16-11-15(16)13-4-2-5-14(10-13)20(21,22)23/h2,4-5,7-8,10,15-17H,3,6,9,11H2,1H3. The summed E-state index contributed by atoms with van der Waals surface area (Å²) >= 11 is 1.72. The lowest BCUT2D eigenvalue weighted by Gasteiger charge is -2.24. The third-order valence-corrected chi connectivity index (χ3v) is 6.48. The molecule has 6 heteroatoms. The highest BCUT2D eigenvalue weighted by molar-refractivity contribution is 7.12. The molecule has 0 N–H and O–H groups in total. The molecule has 2 aliphatic rings. The summed E-state index contributed by atoms with van der Waals surface area (Å²) in [5.41, 5.74) is -0.0119. The van der Waals surface area contributed by atoms with Crippen molar-refractivity contribution < 1.29 is 18.0 Å². The van der Waals surface area contributed by atoms with Crippen LogP contribution in [0.3, 0.4) is 0 Å². The Morgan fingerprint density at radius 2 is 2.04 bits per heavy atom. The van der Waals surface area contributed by atoms with E-state index in [0.29, 0.717) is 12.0 Å². The molecule has 2 nitrogen and oxygen atoms in total. The molecule has 4 rings (SSSR count). The topological polar surface area (TPSA) is 20.3 Å². The molecule has 0 spiro atoms. The molecule has 0 radical (unpaired) electrons. The van der Waals surface area contributed by atoms with Gasteiger partial charge in [-0.15, -0.1) is 11.3 Å². The summed E-state index contributed by atoms with van der Waals surface area (Å²) in [5, 5.41) is 0. The normalized spacial score (nSPS) is 25.5. The van der Waals surface area contributed by atoms with Crippen LogP contribution in [-0.4, -0.2) is 17.4 Å². The van der Waals surface area contributed by atoms with E-state index in [1.54, 1.807) is 17.4 Å². The number of hydrogen-bond acceptors (Lipinski definition) is 2. The van der Waals surface area contributed by atoms with Gasteiger partial charge < -0.3 is 4.90 Å². The predicted molar refractivity (Wildman–Crippen MR) is 95.0 cm³/mol. The lowest BCUT2D eigenvalue weighted by molar-refractivity contribution is -0.137. The average Bonchev–Trinajstić information content (AvgIpc) is 3.03. The van der Waals surface area contributed by atoms with Crippen molar-refractivity contribution in [3.8, 4) is 0 Å². The largest absolute Gasteiger partial charge is 0.416 e. The Bertz CT molecular complexity index is 828. The Balaban J connectivity index is 1.49. The third-order valence-electron chi connectivity index (χ3n) is 5.38. The molecule has 0 bridgehead atoms. The second-order valence-electron chi connectivity index (χ2n) is 7.21. The number of rotatable bonds is 3. The third kappa shape index (κ3) is 3.27. The fourth-order valence-electron chi connectivity index (χ4n) is 3.95. The molecule has 2 heterocycles. The van der Waals surface area contributed by atoms with E-state index in [0.717, 1.165) is 25.5 Å². The van der Waals surface area contributed by atoms with Gasteiger partial charge in [0.1, 0.15) is 0 Å². The number of aryl methyl sites for hydroxylation is 1. The van der Waals surface area contributed by atoms with Crippen LogP contribution < -0.4 is 0 Å². The van der Waals surface area contributed by atoms with Crippen LogP contribution in [0.4, 0.5) is 13.2 Å². The van der Waals surface area contributed by atoms with E-state index in [1.807, 2.05) is 4.90 Å². The second kappa shape index (κ2) is 6.41. The fraction of sp³-hybridized carbons (Fsp3) is 0.450. The molecule has 1 aliphatic heterocycles. The minimum Gasteiger partial charge on any atom is -0.335 e. The first-order chi connectivity index (χ1) is 12.3. The van der Waals surface area contributed by atoms with Crippen molar-refractivity contribution in [2.24, 2.45) is 5.92 Å². The van der Waals surface area contributed by atoms with Crippen LogP contribution in [0, 0.1) is 12.8 Å². The minimum atomic E-state index is -4.35. The SMILES string of the molecule is Cc1ccc(C2CCCN2C(=O)C2CC2c2cccc(C(F)(F)F)c2)s1. The maximum Gasteiger partial charge on any atom is 0.416 e. The first-order valence-corrected chi connectivity index (χ1v) is 9.70. The zero-order valence-electron chi connectivity index (χ0n) is 14.4. The van der Waals surface area contributed by atoms with Gasteiger partial charge in [0.2, 0.25) is 5.91 Å². The van der Waals surface area contributed by atoms with Crippen LogP contribution in [0.2, 0.25) is 0 Å². The lowest BCUT2D eigenvalue weighted by Crippen LogP contribution is -2.31. The number of benzene rings is 1. The fourth-order valence-corrected chi connectivity index (χ4v) is 4.98. The molecule has 1 aromatic carbocycles. The van der Waals surface area contributed by atoms with Gasteiger partial charge in [-0.3, -0.25) is 4.79 Å². The molecule has 1 saturated carbocycles. The maximum atomic E-state index is 13.0. The number of thiophene rings is 1. The van der Waals surface area contributed by atoms with E-state index in [1.165, 1.54) is 21.9 Å². The Hall–Kier alpha value is -1.82. The van der Waals surface area contributed by atoms with Gasteiger partial charge in [-0.2, -0.15) is 13.2 Å². The summed E-state index contributed by atoms with van der Waals surface area (Å²) < 4.78 is 38.8. The number of carbonyl (C=O) groups excluding carboxylic acids is 1. The number of amides is 1. The Morgan fingerprint density at radius 1 is 1.23 bits per heavy atom. The molecule has 2 aromatic rings. The van der Waals surface area contributed by atoms with Crippen LogP contribution in [0.25, 0.3) is 0 Å². The number of nitrogens with zero attached hydrogens (tertiary/aromatic N) is 1. The van der Waals surface area contributed by atoms with Gasteiger partial charge in [-0.05, 0) is 55.9 Å². The predicted octanol–water partition coefficient (Wildman–Crippen LogP) is 5.54. The van der Waals surface area contributed by atoms with E-state index < -0.39 is 11.7 Å². The van der Waals surface area contributed by atoms with E-state index in [-0.39, 0.29) is 23.8 Å². The summed E-state index contributed by atoms with van der Waals surface area (Å²) in [6.45, 7) is 2.80. The zero-order chi connectivity index (χ0) is 18.5. The van der Waals surface area contributed by atoms with Crippen LogP contribution in [0.5, 0.6) is 0 Å². The lowest BCUT2D eigenvalue weighted by atomic mass is 10.0. The number of hydrogen-bond donors (Lipinski definition) is 0. The molecule has 1 aromatic heterocycles. The monoisotopic (exact) mass is 379 g/mol. The van der Waals surface area contributed by atoms with Crippen molar-refractivity contribution in [3.63, 3.8) is 0 Å².